The molecule has 5 nitrogen and oxygen atoms in total. The van der Waals surface area contributed by atoms with Crippen LogP contribution in [0.2, 0.25) is 0 Å². The average molecular weight is 241 g/mol. The number of rotatable bonds is 3. The summed E-state index contributed by atoms with van der Waals surface area (Å²) in [4.78, 5) is 13.9. The van der Waals surface area contributed by atoms with Crippen molar-refractivity contribution in [1.82, 2.24) is 4.98 Å². The number of carboxylic acids is 1. The quantitative estimate of drug-likeness (QED) is 0.893. The maximum absolute atomic E-state index is 13.2. The van der Waals surface area contributed by atoms with Gasteiger partial charge < -0.3 is 14.3 Å². The predicted octanol–water partition coefficient (Wildman–Crippen LogP) is 2.44. The Kier molecular flexibility index (Phi) is 2.73. The van der Waals surface area contributed by atoms with Crippen molar-refractivity contribution in [1.29, 1.82) is 0 Å². The summed E-state index contributed by atoms with van der Waals surface area (Å²) in [6, 6.07) is 3.30. The lowest BCUT2D eigenvalue weighted by Gasteiger charge is -2.01. The summed E-state index contributed by atoms with van der Waals surface area (Å²) in [5.41, 5.74) is -0.392. The van der Waals surface area contributed by atoms with E-state index in [1.165, 1.54) is 6.07 Å². The van der Waals surface area contributed by atoms with Crippen LogP contribution < -0.4 is 4.74 Å². The summed E-state index contributed by atoms with van der Waals surface area (Å²) >= 11 is 0. The first-order chi connectivity index (χ1) is 8.08. The molecule has 0 aliphatic rings. The fourth-order valence-corrected chi connectivity index (χ4v) is 1.06. The summed E-state index contributed by atoms with van der Waals surface area (Å²) in [5.74, 6) is -4.05. The highest BCUT2D eigenvalue weighted by atomic mass is 19.2. The van der Waals surface area contributed by atoms with Crippen molar-refractivity contribution >= 4 is 5.97 Å². The number of aromatic carboxylic acids is 1. The molecule has 0 radical (unpaired) electrons. The second kappa shape index (κ2) is 4.20. The van der Waals surface area contributed by atoms with Gasteiger partial charge in [0.25, 0.3) is 0 Å². The van der Waals surface area contributed by atoms with Crippen LogP contribution in [0.25, 0.3) is 0 Å². The van der Waals surface area contributed by atoms with Crippen LogP contribution in [0.3, 0.4) is 0 Å². The Labute approximate surface area is 93.3 Å². The number of oxazole rings is 1. The standard InChI is InChI=1S/C10H5F2NO4/c11-5-2-1-3-7(8(5)12)17-10-13-6(4-16-10)9(14)15/h1-4H,(H,14,15). The number of halogens is 2. The van der Waals surface area contributed by atoms with Crippen LogP contribution in [0.5, 0.6) is 11.8 Å². The Morgan fingerprint density at radius 1 is 1.41 bits per heavy atom. The third-order valence-corrected chi connectivity index (χ3v) is 1.82. The lowest BCUT2D eigenvalue weighted by atomic mass is 10.3. The molecule has 0 saturated heterocycles. The molecule has 2 aromatic rings. The molecule has 0 bridgehead atoms. The normalized spacial score (nSPS) is 10.2. The lowest BCUT2D eigenvalue weighted by Crippen LogP contribution is -1.96. The van der Waals surface area contributed by atoms with E-state index in [9.17, 15) is 13.6 Å². The molecule has 0 fully saturated rings. The first kappa shape index (κ1) is 11.1. The Hall–Kier alpha value is -2.44. The molecule has 0 aliphatic carbocycles. The summed E-state index contributed by atoms with van der Waals surface area (Å²) in [7, 11) is 0. The molecule has 0 unspecified atom stereocenters. The first-order valence-electron chi connectivity index (χ1n) is 4.38. The third kappa shape index (κ3) is 2.22. The maximum Gasteiger partial charge on any atom is 0.400 e. The SMILES string of the molecule is O=C(O)c1coc(Oc2cccc(F)c2F)n1. The van der Waals surface area contributed by atoms with Gasteiger partial charge >= 0.3 is 12.0 Å². The van der Waals surface area contributed by atoms with Gasteiger partial charge in [-0.15, -0.1) is 0 Å². The molecule has 1 N–H and O–H groups in total. The fraction of sp³-hybridized carbons (Fsp3) is 0. The summed E-state index contributed by atoms with van der Waals surface area (Å²) in [6.45, 7) is 0. The zero-order valence-electron chi connectivity index (χ0n) is 8.18. The van der Waals surface area contributed by atoms with Crippen LogP contribution >= 0.6 is 0 Å². The molecular formula is C10H5F2NO4. The molecule has 88 valence electrons. The zero-order valence-corrected chi connectivity index (χ0v) is 8.18. The summed E-state index contributed by atoms with van der Waals surface area (Å²) in [5, 5.41) is 8.55. The number of carboxylic acid groups (broad SMARTS) is 1. The molecule has 0 spiro atoms. The number of nitrogens with zero attached hydrogens (tertiary/aromatic N) is 1. The number of aromatic nitrogens is 1. The van der Waals surface area contributed by atoms with Crippen LogP contribution in [-0.2, 0) is 0 Å². The van der Waals surface area contributed by atoms with Crippen LogP contribution in [0.1, 0.15) is 10.5 Å². The number of carbonyl (C=O) groups is 1. The van der Waals surface area contributed by atoms with Gasteiger partial charge in [-0.25, -0.2) is 9.18 Å². The molecule has 17 heavy (non-hydrogen) atoms. The molecule has 7 heteroatoms. The van der Waals surface area contributed by atoms with E-state index in [0.29, 0.717) is 0 Å². The molecule has 1 aromatic heterocycles. The minimum absolute atomic E-state index is 0.392. The fourth-order valence-electron chi connectivity index (χ4n) is 1.06. The highest BCUT2D eigenvalue weighted by molar-refractivity contribution is 5.84. The lowest BCUT2D eigenvalue weighted by molar-refractivity contribution is 0.0690. The third-order valence-electron chi connectivity index (χ3n) is 1.82. The largest absolute Gasteiger partial charge is 0.476 e. The average Bonchev–Trinajstić information content (AvgIpc) is 2.73. The van der Waals surface area contributed by atoms with Gasteiger partial charge in [0.2, 0.25) is 5.82 Å². The van der Waals surface area contributed by atoms with Crippen molar-refractivity contribution in [2.75, 3.05) is 0 Å². The van der Waals surface area contributed by atoms with Gasteiger partial charge in [-0.3, -0.25) is 0 Å². The molecule has 1 aromatic carbocycles. The van der Waals surface area contributed by atoms with Crippen LogP contribution in [0.4, 0.5) is 8.78 Å². The van der Waals surface area contributed by atoms with Gasteiger partial charge in [0.1, 0.15) is 6.26 Å². The second-order valence-electron chi connectivity index (χ2n) is 2.96. The smallest absolute Gasteiger partial charge is 0.400 e. The predicted molar refractivity (Wildman–Crippen MR) is 49.9 cm³/mol. The van der Waals surface area contributed by atoms with Crippen molar-refractivity contribution in [3.05, 3.63) is 41.8 Å². The Morgan fingerprint density at radius 2 is 2.18 bits per heavy atom. The topological polar surface area (TPSA) is 72.6 Å². The monoisotopic (exact) mass is 241 g/mol. The molecule has 0 saturated carbocycles. The van der Waals surface area contributed by atoms with Gasteiger partial charge in [-0.05, 0) is 12.1 Å². The van der Waals surface area contributed by atoms with E-state index < -0.39 is 35.1 Å². The Balaban J connectivity index is 2.25. The Bertz CT molecular complexity index is 567. The highest BCUT2D eigenvalue weighted by Gasteiger charge is 2.15. The molecule has 2 rings (SSSR count). The zero-order chi connectivity index (χ0) is 12.4. The van der Waals surface area contributed by atoms with Crippen molar-refractivity contribution in [3.8, 4) is 11.8 Å². The van der Waals surface area contributed by atoms with Crippen molar-refractivity contribution < 1.29 is 27.8 Å². The van der Waals surface area contributed by atoms with E-state index >= 15 is 0 Å². The van der Waals surface area contributed by atoms with Gasteiger partial charge in [0.15, 0.2) is 17.3 Å². The van der Waals surface area contributed by atoms with Crippen LogP contribution in [0, 0.1) is 11.6 Å². The molecule has 1 heterocycles. The van der Waals surface area contributed by atoms with E-state index in [2.05, 4.69) is 9.40 Å². The van der Waals surface area contributed by atoms with Crippen LogP contribution in [0.15, 0.2) is 28.9 Å². The molecule has 0 atom stereocenters. The van der Waals surface area contributed by atoms with Gasteiger partial charge in [0, 0.05) is 0 Å². The van der Waals surface area contributed by atoms with E-state index in [0.717, 1.165) is 18.4 Å². The number of hydrogen-bond acceptors (Lipinski definition) is 4. The molecule has 0 amide bonds. The van der Waals surface area contributed by atoms with E-state index in [-0.39, 0.29) is 0 Å². The highest BCUT2D eigenvalue weighted by Crippen LogP contribution is 2.25. The number of hydrogen-bond donors (Lipinski definition) is 1. The number of benzene rings is 1. The first-order valence-corrected chi connectivity index (χ1v) is 4.38. The van der Waals surface area contributed by atoms with Crippen LogP contribution in [-0.4, -0.2) is 16.1 Å². The van der Waals surface area contributed by atoms with Crippen molar-refractivity contribution in [3.63, 3.8) is 0 Å². The van der Waals surface area contributed by atoms with Gasteiger partial charge in [0.05, 0.1) is 0 Å². The van der Waals surface area contributed by atoms with E-state index in [4.69, 9.17) is 9.84 Å². The van der Waals surface area contributed by atoms with E-state index in [1.807, 2.05) is 0 Å². The summed E-state index contributed by atoms with van der Waals surface area (Å²) in [6.07, 6.45) is 0.349. The minimum atomic E-state index is -1.32. The maximum atomic E-state index is 13.2. The minimum Gasteiger partial charge on any atom is -0.476 e. The van der Waals surface area contributed by atoms with E-state index in [1.54, 1.807) is 0 Å². The molecular weight excluding hydrogens is 236 g/mol. The van der Waals surface area contributed by atoms with Crippen molar-refractivity contribution in [2.24, 2.45) is 0 Å². The molecule has 0 aliphatic heterocycles. The van der Waals surface area contributed by atoms with Crippen molar-refractivity contribution in [2.45, 2.75) is 0 Å². The summed E-state index contributed by atoms with van der Waals surface area (Å²) < 4.78 is 35.4. The number of ether oxygens (including phenoxy) is 1. The van der Waals surface area contributed by atoms with Gasteiger partial charge in [-0.1, -0.05) is 6.07 Å². The van der Waals surface area contributed by atoms with Gasteiger partial charge in [-0.2, -0.15) is 9.37 Å². The Morgan fingerprint density at radius 3 is 2.82 bits per heavy atom. The second-order valence-corrected chi connectivity index (χ2v) is 2.96.